The van der Waals surface area contributed by atoms with Gasteiger partial charge in [-0.1, -0.05) is 50.6 Å². The molecule has 33 heavy (non-hydrogen) atoms. The summed E-state index contributed by atoms with van der Waals surface area (Å²) in [5, 5.41) is 9.06. The van der Waals surface area contributed by atoms with Crippen LogP contribution in [0.1, 0.15) is 43.0 Å². The maximum atomic E-state index is 13.0. The molecule has 9 nitrogen and oxygen atoms in total. The molecule has 0 saturated heterocycles. The molecule has 0 heterocycles. The lowest BCUT2D eigenvalue weighted by molar-refractivity contribution is -0.130. The Labute approximate surface area is 195 Å². The number of aryl methyl sites for hydroxylation is 3. The van der Waals surface area contributed by atoms with Crippen LogP contribution in [0.4, 0.5) is 0 Å². The van der Waals surface area contributed by atoms with E-state index in [9.17, 15) is 21.6 Å². The van der Waals surface area contributed by atoms with Gasteiger partial charge in [0, 0.05) is 6.54 Å². The van der Waals surface area contributed by atoms with Gasteiger partial charge in [0.15, 0.2) is 0 Å². The zero-order valence-corrected chi connectivity index (χ0v) is 21.2. The minimum absolute atomic E-state index is 0.00975. The van der Waals surface area contributed by atoms with Gasteiger partial charge in [-0.15, -0.1) is 0 Å². The summed E-state index contributed by atoms with van der Waals surface area (Å²) in [6.45, 7) is 10.5. The Balaban J connectivity index is 2.27. The van der Waals surface area contributed by atoms with Gasteiger partial charge >= 0.3 is 0 Å². The predicted molar refractivity (Wildman–Crippen MR) is 125 cm³/mol. The Morgan fingerprint density at radius 2 is 1.45 bits per heavy atom. The second-order valence-electron chi connectivity index (χ2n) is 9.00. The van der Waals surface area contributed by atoms with Crippen molar-refractivity contribution in [2.24, 2.45) is 0 Å². The first kappa shape index (κ1) is 26.9. The number of hydrogen-bond acceptors (Lipinski definition) is 6. The summed E-state index contributed by atoms with van der Waals surface area (Å²) >= 11 is 0. The Bertz CT molecular complexity index is 1210. The first-order valence-corrected chi connectivity index (χ1v) is 13.2. The summed E-state index contributed by atoms with van der Waals surface area (Å²) in [7, 11) is -8.25. The molecule has 0 aliphatic carbocycles. The van der Waals surface area contributed by atoms with Crippen molar-refractivity contribution in [2.45, 2.75) is 62.8 Å². The molecular formula is C22H31N3O6S2. The number of rotatable bonds is 8. The van der Waals surface area contributed by atoms with Crippen LogP contribution in [0.5, 0.6) is 0 Å². The van der Waals surface area contributed by atoms with Gasteiger partial charge in [-0.25, -0.2) is 27.0 Å². The molecule has 0 saturated carbocycles. The molecule has 1 unspecified atom stereocenters. The van der Waals surface area contributed by atoms with Crippen LogP contribution in [0.15, 0.2) is 46.2 Å². The van der Waals surface area contributed by atoms with Gasteiger partial charge in [-0.3, -0.25) is 10.0 Å². The normalized spacial score (nSPS) is 13.5. The molecule has 0 spiro atoms. The minimum atomic E-state index is -4.20. The van der Waals surface area contributed by atoms with Crippen LogP contribution in [0.25, 0.3) is 0 Å². The zero-order valence-electron chi connectivity index (χ0n) is 19.6. The fraction of sp³-hybridized carbons (Fsp3) is 0.409. The second-order valence-corrected chi connectivity index (χ2v) is 12.4. The Hall–Kier alpha value is -2.31. The first-order chi connectivity index (χ1) is 15.1. The van der Waals surface area contributed by atoms with E-state index in [-0.39, 0.29) is 15.2 Å². The van der Waals surface area contributed by atoms with E-state index in [1.165, 1.54) is 17.6 Å². The number of amides is 1. The van der Waals surface area contributed by atoms with Crippen molar-refractivity contribution in [3.63, 3.8) is 0 Å². The average Bonchev–Trinajstić information content (AvgIpc) is 2.68. The third-order valence-corrected chi connectivity index (χ3v) is 8.32. The molecule has 0 aliphatic heterocycles. The third-order valence-electron chi connectivity index (χ3n) is 5.11. The summed E-state index contributed by atoms with van der Waals surface area (Å²) in [5.74, 6) is -1.10. The second kappa shape index (κ2) is 9.90. The Morgan fingerprint density at radius 3 is 1.91 bits per heavy atom. The highest BCUT2D eigenvalue weighted by Crippen LogP contribution is 2.24. The molecule has 2 rings (SSSR count). The van der Waals surface area contributed by atoms with Gasteiger partial charge < -0.3 is 0 Å². The third kappa shape index (κ3) is 6.61. The van der Waals surface area contributed by atoms with Crippen LogP contribution in [0.3, 0.4) is 0 Å². The van der Waals surface area contributed by atoms with Crippen LogP contribution < -0.4 is 14.9 Å². The maximum absolute atomic E-state index is 13.0. The predicted octanol–water partition coefficient (Wildman–Crippen LogP) is 2.04. The highest BCUT2D eigenvalue weighted by atomic mass is 32.2. The van der Waals surface area contributed by atoms with Crippen molar-refractivity contribution >= 4 is 26.0 Å². The van der Waals surface area contributed by atoms with E-state index < -0.39 is 38.5 Å². The summed E-state index contributed by atoms with van der Waals surface area (Å²) in [6.07, 6.45) is 0. The lowest BCUT2D eigenvalue weighted by Gasteiger charge is -2.20. The van der Waals surface area contributed by atoms with E-state index >= 15 is 0 Å². The molecule has 0 radical (unpaired) electrons. The van der Waals surface area contributed by atoms with E-state index in [1.54, 1.807) is 38.1 Å². The van der Waals surface area contributed by atoms with Crippen LogP contribution in [-0.4, -0.2) is 40.5 Å². The summed E-state index contributed by atoms with van der Waals surface area (Å²) in [4.78, 5) is 12.1. The molecule has 11 heteroatoms. The Kier molecular flexibility index (Phi) is 8.08. The number of carbonyl (C=O) groups is 1. The highest BCUT2D eigenvalue weighted by Gasteiger charge is 2.29. The van der Waals surface area contributed by atoms with Gasteiger partial charge in [0.25, 0.3) is 5.91 Å². The van der Waals surface area contributed by atoms with Gasteiger partial charge in [-0.05, 0) is 55.0 Å². The molecule has 0 aliphatic rings. The van der Waals surface area contributed by atoms with Crippen LogP contribution in [0, 0.1) is 20.8 Å². The molecule has 1 amide bonds. The van der Waals surface area contributed by atoms with Crippen molar-refractivity contribution in [3.05, 3.63) is 58.7 Å². The lowest BCUT2D eigenvalue weighted by atomic mass is 9.87. The molecule has 0 aromatic heterocycles. The van der Waals surface area contributed by atoms with Gasteiger partial charge in [0.2, 0.25) is 20.0 Å². The summed E-state index contributed by atoms with van der Waals surface area (Å²) in [6, 6.07) is 8.04. The largest absolute Gasteiger partial charge is 0.289 e. The van der Waals surface area contributed by atoms with E-state index in [0.29, 0.717) is 11.1 Å². The average molecular weight is 498 g/mol. The van der Waals surface area contributed by atoms with E-state index in [2.05, 4.69) is 9.44 Å². The van der Waals surface area contributed by atoms with E-state index in [1.807, 2.05) is 27.7 Å². The molecule has 4 N–H and O–H groups in total. The molecule has 1 atom stereocenters. The quantitative estimate of drug-likeness (QED) is 0.325. The topological polar surface area (TPSA) is 142 Å². The van der Waals surface area contributed by atoms with E-state index in [4.69, 9.17) is 5.21 Å². The molecular weight excluding hydrogens is 466 g/mol. The molecule has 0 bridgehead atoms. The number of hydrogen-bond donors (Lipinski definition) is 4. The van der Waals surface area contributed by atoms with Crippen molar-refractivity contribution < 1.29 is 26.8 Å². The molecule has 2 aromatic carbocycles. The number of carbonyl (C=O) groups excluding carboxylic acids is 1. The van der Waals surface area contributed by atoms with Crippen molar-refractivity contribution in [1.29, 1.82) is 0 Å². The van der Waals surface area contributed by atoms with Gasteiger partial charge in [0.05, 0.1) is 9.79 Å². The number of benzene rings is 2. The smallest absolute Gasteiger partial charge is 0.262 e. The first-order valence-electron chi connectivity index (χ1n) is 10.2. The monoisotopic (exact) mass is 497 g/mol. The lowest BCUT2D eigenvalue weighted by Crippen LogP contribution is -2.52. The number of hydroxylamine groups is 1. The van der Waals surface area contributed by atoms with Crippen molar-refractivity contribution in [1.82, 2.24) is 14.9 Å². The maximum Gasteiger partial charge on any atom is 0.262 e. The van der Waals surface area contributed by atoms with E-state index in [0.717, 1.165) is 11.1 Å². The van der Waals surface area contributed by atoms with Crippen LogP contribution in [0.2, 0.25) is 0 Å². The van der Waals surface area contributed by atoms with Crippen LogP contribution in [-0.2, 0) is 30.3 Å². The van der Waals surface area contributed by atoms with Crippen molar-refractivity contribution in [3.8, 4) is 0 Å². The molecule has 2 aromatic rings. The molecule has 182 valence electrons. The van der Waals surface area contributed by atoms with Crippen LogP contribution >= 0.6 is 0 Å². The summed E-state index contributed by atoms with van der Waals surface area (Å²) < 4.78 is 55.8. The number of sulfonamides is 2. The fourth-order valence-corrected chi connectivity index (χ4v) is 6.21. The summed E-state index contributed by atoms with van der Waals surface area (Å²) in [5.41, 5.74) is 3.98. The van der Waals surface area contributed by atoms with Crippen molar-refractivity contribution in [2.75, 3.05) is 6.54 Å². The number of nitrogens with one attached hydrogen (secondary N) is 3. The highest BCUT2D eigenvalue weighted by molar-refractivity contribution is 7.90. The Morgan fingerprint density at radius 1 is 0.939 bits per heavy atom. The standard InChI is InChI=1S/C22H31N3O6S2/c1-14-11-15(2)20(16(3)12-14)33(30,31)25-19(21(26)24-27)13-23-32(28,29)18-9-7-17(8-10-18)22(4,5)6/h7-12,19,23,25,27H,13H2,1-6H3,(H,24,26). The SMILES string of the molecule is Cc1cc(C)c(S(=O)(=O)NC(CNS(=O)(=O)c2ccc(C(C)(C)C)cc2)C(=O)NO)c(C)c1. The fourth-order valence-electron chi connectivity index (χ4n) is 3.51. The molecule has 0 fully saturated rings. The minimum Gasteiger partial charge on any atom is -0.289 e. The van der Waals surface area contributed by atoms with Gasteiger partial charge in [0.1, 0.15) is 6.04 Å². The van der Waals surface area contributed by atoms with Gasteiger partial charge in [-0.2, -0.15) is 4.72 Å². The zero-order chi connectivity index (χ0) is 25.2.